The number of halogens is 2. The van der Waals surface area contributed by atoms with Crippen molar-refractivity contribution in [3.8, 4) is 0 Å². The van der Waals surface area contributed by atoms with Crippen LogP contribution in [-0.4, -0.2) is 3.23 Å². The summed E-state index contributed by atoms with van der Waals surface area (Å²) in [5.41, 5.74) is 0. The number of alkyl halides is 2. The van der Waals surface area contributed by atoms with Gasteiger partial charge >= 0.3 is 0 Å². The van der Waals surface area contributed by atoms with Gasteiger partial charge in [-0.15, -0.1) is 0 Å². The van der Waals surface area contributed by atoms with Crippen molar-refractivity contribution in [1.82, 2.24) is 0 Å². The maximum atomic E-state index is 3.59. The smallest absolute Gasteiger partial charge is 0.0727 e. The Balaban J connectivity index is 2.33. The van der Waals surface area contributed by atoms with Crippen LogP contribution in [0.1, 0.15) is 25.7 Å². The third-order valence-electron chi connectivity index (χ3n) is 1.43. The summed E-state index contributed by atoms with van der Waals surface area (Å²) in [7, 11) is 0. The minimum atomic E-state index is 0.273. The summed E-state index contributed by atoms with van der Waals surface area (Å²) in [6.07, 6.45) is 7.30. The normalized spacial score (nSPS) is 27.8. The monoisotopic (exact) mass is 239 g/mol. The zero-order chi connectivity index (χ0) is 6.04. The van der Waals surface area contributed by atoms with Crippen LogP contribution < -0.4 is 0 Å². The van der Waals surface area contributed by atoms with Crippen molar-refractivity contribution in [1.29, 1.82) is 0 Å². The Morgan fingerprint density at radius 2 is 1.62 bits per heavy atom. The van der Waals surface area contributed by atoms with Gasteiger partial charge in [-0.05, 0) is 32.1 Å². The Morgan fingerprint density at radius 1 is 1.12 bits per heavy atom. The molecule has 0 aliphatic heterocycles. The Bertz CT molecular complexity index is 70.6. The van der Waals surface area contributed by atoms with Crippen molar-refractivity contribution in [2.75, 3.05) is 0 Å². The summed E-state index contributed by atoms with van der Waals surface area (Å²) in [6, 6.07) is 0. The van der Waals surface area contributed by atoms with Crippen molar-refractivity contribution in [2.45, 2.75) is 28.9 Å². The lowest BCUT2D eigenvalue weighted by atomic mass is 10.0. The van der Waals surface area contributed by atoms with Crippen LogP contribution in [0.4, 0.5) is 0 Å². The molecule has 1 aliphatic rings. The summed E-state index contributed by atoms with van der Waals surface area (Å²) < 4.78 is 0.273. The average molecular weight is 241 g/mol. The van der Waals surface area contributed by atoms with E-state index in [9.17, 15) is 0 Å². The fourth-order valence-corrected chi connectivity index (χ4v) is 1.81. The second-order valence-electron chi connectivity index (χ2n) is 2.22. The summed E-state index contributed by atoms with van der Waals surface area (Å²) in [4.78, 5) is 0. The standard InChI is InChI=1S/C6H9Br2/c7-6(8)4-2-1-3-5-6/h1H,2-5H2. The first-order valence-corrected chi connectivity index (χ1v) is 4.49. The summed E-state index contributed by atoms with van der Waals surface area (Å²) in [6.45, 7) is 0. The number of rotatable bonds is 0. The molecule has 1 fully saturated rings. The Hall–Kier alpha value is 0.960. The van der Waals surface area contributed by atoms with Gasteiger partial charge in [0.1, 0.15) is 0 Å². The van der Waals surface area contributed by atoms with E-state index >= 15 is 0 Å². The van der Waals surface area contributed by atoms with Gasteiger partial charge < -0.3 is 0 Å². The van der Waals surface area contributed by atoms with Gasteiger partial charge in [0.15, 0.2) is 0 Å². The van der Waals surface area contributed by atoms with Crippen molar-refractivity contribution < 1.29 is 0 Å². The van der Waals surface area contributed by atoms with E-state index < -0.39 is 0 Å². The van der Waals surface area contributed by atoms with E-state index in [0.29, 0.717) is 0 Å². The maximum Gasteiger partial charge on any atom is 0.0805 e. The molecule has 0 atom stereocenters. The van der Waals surface area contributed by atoms with E-state index in [-0.39, 0.29) is 3.23 Å². The van der Waals surface area contributed by atoms with Crippen molar-refractivity contribution in [3.63, 3.8) is 0 Å². The highest BCUT2D eigenvalue weighted by Crippen LogP contribution is 2.40. The van der Waals surface area contributed by atoms with Crippen molar-refractivity contribution in [3.05, 3.63) is 6.42 Å². The van der Waals surface area contributed by atoms with E-state index in [4.69, 9.17) is 0 Å². The van der Waals surface area contributed by atoms with E-state index in [1.807, 2.05) is 0 Å². The Morgan fingerprint density at radius 3 is 1.88 bits per heavy atom. The van der Waals surface area contributed by atoms with Crippen LogP contribution in [0.15, 0.2) is 0 Å². The van der Waals surface area contributed by atoms with Gasteiger partial charge in [-0.2, -0.15) is 0 Å². The molecular formula is C6H9Br2. The average Bonchev–Trinajstić information content (AvgIpc) is 1.65. The lowest BCUT2D eigenvalue weighted by Crippen LogP contribution is -2.14. The molecule has 0 bridgehead atoms. The maximum absolute atomic E-state index is 3.59. The first-order valence-electron chi connectivity index (χ1n) is 2.90. The fourth-order valence-electron chi connectivity index (χ4n) is 0.896. The number of hydrogen-bond donors (Lipinski definition) is 0. The van der Waals surface area contributed by atoms with Gasteiger partial charge in [-0.25, -0.2) is 0 Å². The van der Waals surface area contributed by atoms with Crippen LogP contribution in [0.25, 0.3) is 0 Å². The molecule has 0 amide bonds. The zero-order valence-electron chi connectivity index (χ0n) is 4.66. The SMILES string of the molecule is BrC1(Br)CC[CH]CC1. The van der Waals surface area contributed by atoms with Gasteiger partial charge in [0.2, 0.25) is 0 Å². The van der Waals surface area contributed by atoms with E-state index in [1.165, 1.54) is 25.7 Å². The quantitative estimate of drug-likeness (QED) is 0.571. The summed E-state index contributed by atoms with van der Waals surface area (Å²) >= 11 is 7.18. The van der Waals surface area contributed by atoms with E-state index in [1.54, 1.807) is 0 Å². The molecular weight excluding hydrogens is 232 g/mol. The molecule has 0 unspecified atom stereocenters. The molecule has 2 heteroatoms. The van der Waals surface area contributed by atoms with Crippen LogP contribution in [0.5, 0.6) is 0 Å². The summed E-state index contributed by atoms with van der Waals surface area (Å²) in [5.74, 6) is 0. The molecule has 1 radical (unpaired) electrons. The van der Waals surface area contributed by atoms with Gasteiger partial charge in [0.05, 0.1) is 3.23 Å². The van der Waals surface area contributed by atoms with Gasteiger partial charge in [0.25, 0.3) is 0 Å². The highest BCUT2D eigenvalue weighted by molar-refractivity contribution is 9.25. The lowest BCUT2D eigenvalue weighted by molar-refractivity contribution is 0.590. The first-order chi connectivity index (χ1) is 3.71. The predicted octanol–water partition coefficient (Wildman–Crippen LogP) is 3.25. The molecule has 47 valence electrons. The molecule has 0 heterocycles. The van der Waals surface area contributed by atoms with Crippen LogP contribution in [0.2, 0.25) is 0 Å². The minimum absolute atomic E-state index is 0.273. The second kappa shape index (κ2) is 2.70. The highest BCUT2D eigenvalue weighted by Gasteiger charge is 2.24. The minimum Gasteiger partial charge on any atom is -0.0727 e. The Labute approximate surface area is 67.3 Å². The molecule has 1 aliphatic carbocycles. The third-order valence-corrected chi connectivity index (χ3v) is 3.01. The van der Waals surface area contributed by atoms with E-state index in [2.05, 4.69) is 38.3 Å². The van der Waals surface area contributed by atoms with Crippen molar-refractivity contribution in [2.24, 2.45) is 0 Å². The molecule has 0 saturated heterocycles. The van der Waals surface area contributed by atoms with Crippen LogP contribution in [0.3, 0.4) is 0 Å². The zero-order valence-corrected chi connectivity index (χ0v) is 7.83. The molecule has 0 aromatic rings. The molecule has 0 spiro atoms. The molecule has 1 saturated carbocycles. The topological polar surface area (TPSA) is 0 Å². The Kier molecular flexibility index (Phi) is 2.38. The third kappa shape index (κ3) is 2.06. The second-order valence-corrected chi connectivity index (χ2v) is 6.32. The van der Waals surface area contributed by atoms with Gasteiger partial charge in [-0.3, -0.25) is 0 Å². The first kappa shape index (κ1) is 7.07. The molecule has 0 aromatic carbocycles. The highest BCUT2D eigenvalue weighted by atomic mass is 79.9. The predicted molar refractivity (Wildman–Crippen MR) is 43.4 cm³/mol. The largest absolute Gasteiger partial charge is 0.0805 e. The van der Waals surface area contributed by atoms with Gasteiger partial charge in [0, 0.05) is 0 Å². The molecule has 0 nitrogen and oxygen atoms in total. The molecule has 0 aromatic heterocycles. The lowest BCUT2D eigenvalue weighted by Gasteiger charge is -2.24. The van der Waals surface area contributed by atoms with Crippen LogP contribution >= 0.6 is 31.9 Å². The molecule has 1 rings (SSSR count). The van der Waals surface area contributed by atoms with Gasteiger partial charge in [-0.1, -0.05) is 31.9 Å². The van der Waals surface area contributed by atoms with E-state index in [0.717, 1.165) is 0 Å². The summed E-state index contributed by atoms with van der Waals surface area (Å²) in [5, 5.41) is 0. The fraction of sp³-hybridized carbons (Fsp3) is 0.833. The van der Waals surface area contributed by atoms with Crippen molar-refractivity contribution >= 4 is 31.9 Å². The molecule has 0 N–H and O–H groups in total. The number of hydrogen-bond acceptors (Lipinski definition) is 0. The van der Waals surface area contributed by atoms with Crippen LogP contribution in [0, 0.1) is 6.42 Å². The van der Waals surface area contributed by atoms with Crippen LogP contribution in [-0.2, 0) is 0 Å². The molecule has 8 heavy (non-hydrogen) atoms.